The van der Waals surface area contributed by atoms with E-state index in [2.05, 4.69) is 10.2 Å². The maximum atomic E-state index is 13.9. The van der Waals surface area contributed by atoms with Crippen LogP contribution in [-0.4, -0.2) is 14.8 Å². The van der Waals surface area contributed by atoms with Gasteiger partial charge in [-0.2, -0.15) is 5.10 Å². The first-order chi connectivity index (χ1) is 9.58. The number of hydrogen-bond donors (Lipinski definition) is 1. The fourth-order valence-electron chi connectivity index (χ4n) is 1.77. The van der Waals surface area contributed by atoms with E-state index in [1.54, 1.807) is 12.1 Å². The fourth-order valence-corrected chi connectivity index (χ4v) is 2.71. The number of aromatic nitrogens is 3. The van der Waals surface area contributed by atoms with Crippen molar-refractivity contribution in [2.75, 3.05) is 0 Å². The van der Waals surface area contributed by atoms with Gasteiger partial charge in [0.15, 0.2) is 22.2 Å². The summed E-state index contributed by atoms with van der Waals surface area (Å²) in [6, 6.07) is 4.80. The summed E-state index contributed by atoms with van der Waals surface area (Å²) in [4.78, 5) is 0.724. The number of nitrogens with one attached hydrogen (secondary N) is 1. The Kier molecular flexibility index (Phi) is 3.19. The molecule has 0 saturated carbocycles. The minimum Gasteiger partial charge on any atom is -0.264 e. The van der Waals surface area contributed by atoms with Crippen LogP contribution in [0.1, 0.15) is 0 Å². The van der Waals surface area contributed by atoms with E-state index in [0.717, 1.165) is 10.9 Å². The molecule has 0 atom stereocenters. The van der Waals surface area contributed by atoms with Crippen LogP contribution in [-0.2, 0) is 0 Å². The zero-order chi connectivity index (χ0) is 14.3. The molecule has 3 aromatic rings. The number of rotatable bonds is 2. The maximum Gasteiger partial charge on any atom is 0.200 e. The second kappa shape index (κ2) is 4.88. The highest BCUT2D eigenvalue weighted by Crippen LogP contribution is 2.27. The number of hydrogen-bond acceptors (Lipinski definition) is 3. The molecule has 1 aromatic carbocycles. The van der Waals surface area contributed by atoms with Crippen LogP contribution in [0.15, 0.2) is 29.6 Å². The Labute approximate surface area is 120 Å². The summed E-state index contributed by atoms with van der Waals surface area (Å²) in [5, 5.41) is 8.34. The van der Waals surface area contributed by atoms with E-state index in [0.29, 0.717) is 11.9 Å². The molecule has 0 fully saturated rings. The van der Waals surface area contributed by atoms with Crippen molar-refractivity contribution in [3.05, 3.63) is 51.9 Å². The lowest BCUT2D eigenvalue weighted by atomic mass is 10.2. The zero-order valence-electron chi connectivity index (χ0n) is 9.73. The highest BCUT2D eigenvalue weighted by molar-refractivity contribution is 7.71. The summed E-state index contributed by atoms with van der Waals surface area (Å²) in [6.07, 6.45) is 0. The molecule has 0 bridgehead atoms. The monoisotopic (exact) mass is 313 g/mol. The first-order valence-electron chi connectivity index (χ1n) is 5.44. The fraction of sp³-hybridized carbons (Fsp3) is 0. The molecule has 8 heteroatoms. The lowest BCUT2D eigenvalue weighted by Crippen LogP contribution is -2.02. The predicted molar refractivity (Wildman–Crippen MR) is 71.9 cm³/mol. The number of thiophene rings is 1. The van der Waals surface area contributed by atoms with Crippen LogP contribution in [0, 0.1) is 22.2 Å². The van der Waals surface area contributed by atoms with Gasteiger partial charge in [0.05, 0.1) is 10.6 Å². The summed E-state index contributed by atoms with van der Waals surface area (Å²) in [5.74, 6) is -2.98. The normalized spacial score (nSPS) is 10.9. The maximum absolute atomic E-state index is 13.9. The SMILES string of the molecule is Fc1cc(F)c(-n2c(-c3cccs3)n[nH]c2=S)cc1F. The highest BCUT2D eigenvalue weighted by Gasteiger charge is 2.17. The van der Waals surface area contributed by atoms with Crippen molar-refractivity contribution in [1.82, 2.24) is 14.8 Å². The van der Waals surface area contributed by atoms with E-state index < -0.39 is 17.5 Å². The molecular weight excluding hydrogens is 307 g/mol. The molecule has 102 valence electrons. The van der Waals surface area contributed by atoms with Crippen molar-refractivity contribution in [2.45, 2.75) is 0 Å². The minimum absolute atomic E-state index is 0.0957. The number of H-pyrrole nitrogens is 1. The standard InChI is InChI=1S/C12H6F3N3S2/c13-6-4-8(15)9(5-7(6)14)18-11(16-17-12(18)19)10-2-1-3-20-10/h1-5H,(H,17,19). The van der Waals surface area contributed by atoms with E-state index in [4.69, 9.17) is 12.2 Å². The first-order valence-corrected chi connectivity index (χ1v) is 6.73. The average molecular weight is 313 g/mol. The van der Waals surface area contributed by atoms with Crippen molar-refractivity contribution in [3.8, 4) is 16.4 Å². The zero-order valence-corrected chi connectivity index (χ0v) is 11.4. The Morgan fingerprint density at radius 2 is 1.90 bits per heavy atom. The Morgan fingerprint density at radius 3 is 2.60 bits per heavy atom. The Bertz CT molecular complexity index is 821. The molecule has 0 amide bonds. The molecule has 0 saturated heterocycles. The first kappa shape index (κ1) is 13.1. The molecule has 0 aliphatic rings. The molecule has 0 spiro atoms. The number of halogens is 3. The minimum atomic E-state index is -1.25. The van der Waals surface area contributed by atoms with Gasteiger partial charge in [-0.15, -0.1) is 11.3 Å². The molecule has 1 N–H and O–H groups in total. The van der Waals surface area contributed by atoms with Gasteiger partial charge in [-0.1, -0.05) is 6.07 Å². The summed E-state index contributed by atoms with van der Waals surface area (Å²) in [5.41, 5.74) is -0.189. The summed E-state index contributed by atoms with van der Waals surface area (Å²) in [7, 11) is 0. The third-order valence-electron chi connectivity index (χ3n) is 2.64. The van der Waals surface area contributed by atoms with Crippen molar-refractivity contribution in [2.24, 2.45) is 0 Å². The Balaban J connectivity index is 2.28. The molecule has 3 rings (SSSR count). The Morgan fingerprint density at radius 1 is 1.15 bits per heavy atom. The average Bonchev–Trinajstić information content (AvgIpc) is 3.03. The van der Waals surface area contributed by atoms with E-state index in [1.807, 2.05) is 5.38 Å². The van der Waals surface area contributed by atoms with Gasteiger partial charge < -0.3 is 0 Å². The quantitative estimate of drug-likeness (QED) is 0.571. The van der Waals surface area contributed by atoms with E-state index in [-0.39, 0.29) is 10.5 Å². The van der Waals surface area contributed by atoms with Crippen LogP contribution in [0.4, 0.5) is 13.2 Å². The molecule has 0 aliphatic heterocycles. The predicted octanol–water partition coefficient (Wildman–Crippen LogP) is 4.08. The molecule has 3 nitrogen and oxygen atoms in total. The third-order valence-corrected chi connectivity index (χ3v) is 3.78. The molecule has 20 heavy (non-hydrogen) atoms. The van der Waals surface area contributed by atoms with Gasteiger partial charge >= 0.3 is 0 Å². The number of aromatic amines is 1. The second-order valence-corrected chi connectivity index (χ2v) is 5.22. The highest BCUT2D eigenvalue weighted by atomic mass is 32.1. The molecule has 0 unspecified atom stereocenters. The molecule has 0 radical (unpaired) electrons. The Hall–Kier alpha value is -1.93. The summed E-state index contributed by atoms with van der Waals surface area (Å²) >= 11 is 6.40. The molecular formula is C12H6F3N3S2. The lowest BCUT2D eigenvalue weighted by Gasteiger charge is -2.07. The smallest absolute Gasteiger partial charge is 0.200 e. The summed E-state index contributed by atoms with van der Waals surface area (Å²) < 4.78 is 41.6. The van der Waals surface area contributed by atoms with Gasteiger partial charge in [-0.05, 0) is 23.7 Å². The van der Waals surface area contributed by atoms with Crippen molar-refractivity contribution in [3.63, 3.8) is 0 Å². The van der Waals surface area contributed by atoms with Crippen LogP contribution >= 0.6 is 23.6 Å². The molecule has 0 aliphatic carbocycles. The van der Waals surface area contributed by atoms with Crippen LogP contribution in [0.3, 0.4) is 0 Å². The van der Waals surface area contributed by atoms with Gasteiger partial charge in [0.2, 0.25) is 0 Å². The van der Waals surface area contributed by atoms with Gasteiger partial charge in [-0.3, -0.25) is 9.67 Å². The lowest BCUT2D eigenvalue weighted by molar-refractivity contribution is 0.493. The van der Waals surface area contributed by atoms with Gasteiger partial charge in [0, 0.05) is 12.1 Å². The van der Waals surface area contributed by atoms with Crippen molar-refractivity contribution >= 4 is 23.6 Å². The van der Waals surface area contributed by atoms with Crippen LogP contribution in [0.25, 0.3) is 16.4 Å². The molecule has 2 aromatic heterocycles. The topological polar surface area (TPSA) is 33.6 Å². The van der Waals surface area contributed by atoms with Crippen molar-refractivity contribution in [1.29, 1.82) is 0 Å². The largest absolute Gasteiger partial charge is 0.264 e. The number of nitrogens with zero attached hydrogens (tertiary/aromatic N) is 2. The van der Waals surface area contributed by atoms with E-state index in [9.17, 15) is 13.2 Å². The van der Waals surface area contributed by atoms with Gasteiger partial charge in [0.25, 0.3) is 0 Å². The molecule has 2 heterocycles. The van der Waals surface area contributed by atoms with Crippen LogP contribution in [0.2, 0.25) is 0 Å². The second-order valence-electron chi connectivity index (χ2n) is 3.88. The van der Waals surface area contributed by atoms with Crippen LogP contribution in [0.5, 0.6) is 0 Å². The van der Waals surface area contributed by atoms with E-state index >= 15 is 0 Å². The van der Waals surface area contributed by atoms with Crippen LogP contribution < -0.4 is 0 Å². The van der Waals surface area contributed by atoms with E-state index in [1.165, 1.54) is 15.9 Å². The summed E-state index contributed by atoms with van der Waals surface area (Å²) in [6.45, 7) is 0. The third kappa shape index (κ3) is 2.06. The van der Waals surface area contributed by atoms with Gasteiger partial charge in [-0.25, -0.2) is 13.2 Å². The number of benzene rings is 1. The van der Waals surface area contributed by atoms with Crippen molar-refractivity contribution < 1.29 is 13.2 Å². The van der Waals surface area contributed by atoms with Gasteiger partial charge in [0.1, 0.15) is 5.82 Å².